The quantitative estimate of drug-likeness (QED) is 0.830. The minimum atomic E-state index is -0.659. The van der Waals surface area contributed by atoms with Crippen LogP contribution in [0.4, 0.5) is 5.82 Å². The van der Waals surface area contributed by atoms with Crippen molar-refractivity contribution in [3.63, 3.8) is 0 Å². The maximum absolute atomic E-state index is 12.1. The summed E-state index contributed by atoms with van der Waals surface area (Å²) < 4.78 is 0. The molecule has 19 heavy (non-hydrogen) atoms. The van der Waals surface area contributed by atoms with Gasteiger partial charge in [0.1, 0.15) is 5.82 Å². The lowest BCUT2D eigenvalue weighted by molar-refractivity contribution is -0.146. The van der Waals surface area contributed by atoms with Gasteiger partial charge in [-0.25, -0.2) is 4.98 Å². The molecule has 0 atom stereocenters. The third-order valence-corrected chi connectivity index (χ3v) is 2.72. The van der Waals surface area contributed by atoms with E-state index in [0.717, 1.165) is 5.56 Å². The molecule has 0 fully saturated rings. The van der Waals surface area contributed by atoms with E-state index < -0.39 is 11.8 Å². The van der Waals surface area contributed by atoms with Gasteiger partial charge in [-0.05, 0) is 46.2 Å². The van der Waals surface area contributed by atoms with Crippen molar-refractivity contribution in [2.45, 2.75) is 40.2 Å². The van der Waals surface area contributed by atoms with Crippen LogP contribution in [0.3, 0.4) is 0 Å². The number of aromatic nitrogens is 1. The summed E-state index contributed by atoms with van der Waals surface area (Å²) in [5.74, 6) is -0.820. The molecule has 0 aliphatic heterocycles. The summed E-state index contributed by atoms with van der Waals surface area (Å²) in [4.78, 5) is 29.6. The molecule has 0 aliphatic rings. The monoisotopic (exact) mass is 263 g/mol. The van der Waals surface area contributed by atoms with Gasteiger partial charge in [0.25, 0.3) is 0 Å². The van der Waals surface area contributed by atoms with E-state index in [0.29, 0.717) is 12.4 Å². The van der Waals surface area contributed by atoms with Gasteiger partial charge in [0.15, 0.2) is 0 Å². The van der Waals surface area contributed by atoms with Crippen molar-refractivity contribution >= 4 is 17.6 Å². The molecule has 0 aromatic carbocycles. The summed E-state index contributed by atoms with van der Waals surface area (Å²) in [7, 11) is 0. The lowest BCUT2D eigenvalue weighted by atomic mass is 10.1. The van der Waals surface area contributed by atoms with Crippen LogP contribution in [0.15, 0.2) is 18.3 Å². The molecule has 0 aliphatic carbocycles. The first-order chi connectivity index (χ1) is 8.75. The largest absolute Gasteiger partial charge is 0.330 e. The predicted molar refractivity (Wildman–Crippen MR) is 74.7 cm³/mol. The van der Waals surface area contributed by atoms with Gasteiger partial charge in [-0.3, -0.25) is 9.59 Å². The molecule has 5 heteroatoms. The minimum absolute atomic E-state index is 0.383. The van der Waals surface area contributed by atoms with Gasteiger partial charge in [0.2, 0.25) is 0 Å². The van der Waals surface area contributed by atoms with Crippen molar-refractivity contribution in [1.82, 2.24) is 9.88 Å². The van der Waals surface area contributed by atoms with Crippen LogP contribution in [0.25, 0.3) is 0 Å². The number of carbonyl (C=O) groups excluding carboxylic acids is 2. The first kappa shape index (κ1) is 15.1. The van der Waals surface area contributed by atoms with Crippen LogP contribution in [-0.4, -0.2) is 33.8 Å². The zero-order valence-electron chi connectivity index (χ0n) is 12.2. The second-order valence-corrected chi connectivity index (χ2v) is 5.40. The Kier molecular flexibility index (Phi) is 4.64. The van der Waals surface area contributed by atoms with Crippen molar-refractivity contribution < 1.29 is 9.59 Å². The van der Waals surface area contributed by atoms with E-state index in [1.165, 1.54) is 4.90 Å². The van der Waals surface area contributed by atoms with E-state index in [2.05, 4.69) is 10.3 Å². The Labute approximate surface area is 114 Å². The molecule has 0 spiro atoms. The molecule has 0 radical (unpaired) electrons. The molecule has 0 unspecified atom stereocenters. The van der Waals surface area contributed by atoms with E-state index in [4.69, 9.17) is 0 Å². The third-order valence-electron chi connectivity index (χ3n) is 2.72. The van der Waals surface area contributed by atoms with Crippen LogP contribution in [0.5, 0.6) is 0 Å². The molecule has 1 heterocycles. The molecular formula is C14H21N3O2. The number of rotatable bonds is 2. The van der Waals surface area contributed by atoms with Gasteiger partial charge < -0.3 is 10.2 Å². The fraction of sp³-hybridized carbons (Fsp3) is 0.500. The number of nitrogens with one attached hydrogen (secondary N) is 1. The number of likely N-dealkylation sites (N-methyl/N-ethyl adjacent to an activating group) is 1. The number of carbonyl (C=O) groups is 2. The minimum Gasteiger partial charge on any atom is -0.330 e. The van der Waals surface area contributed by atoms with E-state index in [1.54, 1.807) is 12.3 Å². The second-order valence-electron chi connectivity index (χ2n) is 5.40. The highest BCUT2D eigenvalue weighted by atomic mass is 16.2. The number of anilines is 1. The number of amides is 2. The predicted octanol–water partition coefficient (Wildman–Crippen LogP) is 1.98. The van der Waals surface area contributed by atoms with Gasteiger partial charge in [-0.2, -0.15) is 0 Å². The molecule has 1 aromatic heterocycles. The highest BCUT2D eigenvalue weighted by Gasteiger charge is 2.29. The van der Waals surface area contributed by atoms with E-state index in [1.807, 2.05) is 40.7 Å². The molecule has 0 saturated carbocycles. The van der Waals surface area contributed by atoms with Gasteiger partial charge in [0, 0.05) is 18.3 Å². The maximum Gasteiger partial charge on any atom is 0.315 e. The number of nitrogens with zero attached hydrogens (tertiary/aromatic N) is 2. The zero-order valence-corrected chi connectivity index (χ0v) is 12.2. The second kappa shape index (κ2) is 5.82. The first-order valence-corrected chi connectivity index (χ1v) is 6.31. The molecular weight excluding hydrogens is 242 g/mol. The molecule has 0 saturated heterocycles. The van der Waals surface area contributed by atoms with Crippen LogP contribution < -0.4 is 5.32 Å². The molecule has 1 rings (SSSR count). The lowest BCUT2D eigenvalue weighted by Gasteiger charge is -2.34. The fourth-order valence-electron chi connectivity index (χ4n) is 1.76. The number of aryl methyl sites for hydroxylation is 1. The van der Waals surface area contributed by atoms with E-state index >= 15 is 0 Å². The van der Waals surface area contributed by atoms with Crippen molar-refractivity contribution in [2.24, 2.45) is 0 Å². The Bertz CT molecular complexity index is 461. The molecule has 1 aromatic rings. The SMILES string of the molecule is CCN(C(=O)C(=O)Nc1ccc(C)cn1)C(C)(C)C. The van der Waals surface area contributed by atoms with Crippen molar-refractivity contribution in [1.29, 1.82) is 0 Å². The summed E-state index contributed by atoms with van der Waals surface area (Å²) >= 11 is 0. The Hall–Kier alpha value is -1.91. The molecule has 2 amide bonds. The van der Waals surface area contributed by atoms with Crippen LogP contribution in [0, 0.1) is 6.92 Å². The average molecular weight is 263 g/mol. The highest BCUT2D eigenvalue weighted by molar-refractivity contribution is 6.39. The molecule has 5 nitrogen and oxygen atoms in total. The zero-order chi connectivity index (χ0) is 14.6. The standard InChI is InChI=1S/C14H21N3O2/c1-6-17(14(3,4)5)13(19)12(18)16-11-8-7-10(2)9-15-11/h7-9H,6H2,1-5H3,(H,15,16,18). The van der Waals surface area contributed by atoms with Crippen molar-refractivity contribution in [3.05, 3.63) is 23.9 Å². The number of hydrogen-bond acceptors (Lipinski definition) is 3. The van der Waals surface area contributed by atoms with Crippen LogP contribution in [-0.2, 0) is 9.59 Å². The number of pyridine rings is 1. The van der Waals surface area contributed by atoms with E-state index in [-0.39, 0.29) is 5.54 Å². The van der Waals surface area contributed by atoms with Gasteiger partial charge >= 0.3 is 11.8 Å². The van der Waals surface area contributed by atoms with Crippen molar-refractivity contribution in [3.8, 4) is 0 Å². The number of hydrogen-bond donors (Lipinski definition) is 1. The average Bonchev–Trinajstić information content (AvgIpc) is 2.31. The third kappa shape index (κ3) is 4.05. The summed E-state index contributed by atoms with van der Waals surface area (Å²) in [6.07, 6.45) is 1.64. The molecule has 104 valence electrons. The summed E-state index contributed by atoms with van der Waals surface area (Å²) in [5, 5.41) is 2.51. The van der Waals surface area contributed by atoms with Gasteiger partial charge in [-0.15, -0.1) is 0 Å². The van der Waals surface area contributed by atoms with Crippen LogP contribution >= 0.6 is 0 Å². The van der Waals surface area contributed by atoms with Crippen molar-refractivity contribution in [2.75, 3.05) is 11.9 Å². The Morgan fingerprint density at radius 3 is 2.37 bits per heavy atom. The lowest BCUT2D eigenvalue weighted by Crippen LogP contribution is -2.49. The summed E-state index contributed by atoms with van der Waals surface area (Å²) in [6.45, 7) is 9.92. The van der Waals surface area contributed by atoms with E-state index in [9.17, 15) is 9.59 Å². The van der Waals surface area contributed by atoms with Crippen LogP contribution in [0.2, 0.25) is 0 Å². The maximum atomic E-state index is 12.1. The topological polar surface area (TPSA) is 62.3 Å². The molecule has 0 bridgehead atoms. The highest BCUT2D eigenvalue weighted by Crippen LogP contribution is 2.13. The van der Waals surface area contributed by atoms with Crippen LogP contribution in [0.1, 0.15) is 33.3 Å². The first-order valence-electron chi connectivity index (χ1n) is 6.31. The Morgan fingerprint density at radius 1 is 1.32 bits per heavy atom. The summed E-state index contributed by atoms with van der Waals surface area (Å²) in [6, 6.07) is 3.50. The van der Waals surface area contributed by atoms with Gasteiger partial charge in [0.05, 0.1) is 0 Å². The normalized spacial score (nSPS) is 11.0. The Morgan fingerprint density at radius 2 is 1.95 bits per heavy atom. The fourth-order valence-corrected chi connectivity index (χ4v) is 1.76. The van der Waals surface area contributed by atoms with Gasteiger partial charge in [-0.1, -0.05) is 6.07 Å². The molecule has 1 N–H and O–H groups in total. The Balaban J connectivity index is 2.77. The summed E-state index contributed by atoms with van der Waals surface area (Å²) in [5.41, 5.74) is 0.610. The smallest absolute Gasteiger partial charge is 0.315 e.